The van der Waals surface area contributed by atoms with Crippen LogP contribution in [0.15, 0.2) is 77.7 Å². The monoisotopic (exact) mass is 465 g/mol. The second kappa shape index (κ2) is 10.4. The molecule has 2 amide bonds. The van der Waals surface area contributed by atoms with Crippen LogP contribution in [-0.4, -0.2) is 31.1 Å². The number of nitrogens with zero attached hydrogens (tertiary/aromatic N) is 1. The highest BCUT2D eigenvalue weighted by molar-refractivity contribution is 7.89. The Bertz CT molecular complexity index is 1240. The standard InChI is InChI=1S/C25H27N3O4S/c1-18-7-11-21(12-8-18)16-28(33(31,32)24-13-9-19(2)10-14-24)17-25(30)27-23-6-4-5-22(15-23)26-20(3)29/h4-15H,16-17H2,1-3H3,(H,26,29)(H,27,30). The molecule has 0 bridgehead atoms. The molecule has 7 nitrogen and oxygen atoms in total. The number of hydrogen-bond acceptors (Lipinski definition) is 4. The van der Waals surface area contributed by atoms with Crippen molar-refractivity contribution >= 4 is 33.2 Å². The molecule has 2 N–H and O–H groups in total. The lowest BCUT2D eigenvalue weighted by atomic mass is 10.1. The molecule has 0 heterocycles. The fourth-order valence-electron chi connectivity index (χ4n) is 3.22. The Kier molecular flexibility index (Phi) is 7.63. The van der Waals surface area contributed by atoms with Crippen LogP contribution in [0, 0.1) is 13.8 Å². The van der Waals surface area contributed by atoms with Crippen LogP contribution in [0.2, 0.25) is 0 Å². The molecule has 0 aliphatic carbocycles. The summed E-state index contributed by atoms with van der Waals surface area (Å²) < 4.78 is 27.9. The van der Waals surface area contributed by atoms with Gasteiger partial charge >= 0.3 is 0 Å². The quantitative estimate of drug-likeness (QED) is 0.524. The minimum atomic E-state index is -3.92. The Morgan fingerprint density at radius 2 is 1.36 bits per heavy atom. The van der Waals surface area contributed by atoms with Gasteiger partial charge in [-0.05, 0) is 49.7 Å². The van der Waals surface area contributed by atoms with Gasteiger partial charge in [0.25, 0.3) is 0 Å². The van der Waals surface area contributed by atoms with Crippen molar-refractivity contribution in [1.82, 2.24) is 4.31 Å². The summed E-state index contributed by atoms with van der Waals surface area (Å²) in [5.74, 6) is -0.718. The summed E-state index contributed by atoms with van der Waals surface area (Å²) in [5, 5.41) is 5.37. The van der Waals surface area contributed by atoms with Crippen molar-refractivity contribution in [3.05, 3.63) is 89.5 Å². The molecule has 0 saturated carbocycles. The van der Waals surface area contributed by atoms with Crippen molar-refractivity contribution in [3.8, 4) is 0 Å². The number of nitrogens with one attached hydrogen (secondary N) is 2. The molecular weight excluding hydrogens is 438 g/mol. The molecule has 0 saturated heterocycles. The summed E-state index contributed by atoms with van der Waals surface area (Å²) in [6, 6.07) is 20.7. The van der Waals surface area contributed by atoms with Gasteiger partial charge in [-0.3, -0.25) is 9.59 Å². The fourth-order valence-corrected chi connectivity index (χ4v) is 4.61. The zero-order chi connectivity index (χ0) is 24.0. The van der Waals surface area contributed by atoms with E-state index in [2.05, 4.69) is 10.6 Å². The normalized spacial score (nSPS) is 11.3. The minimum absolute atomic E-state index is 0.0514. The van der Waals surface area contributed by atoms with E-state index < -0.39 is 15.9 Å². The molecule has 0 radical (unpaired) electrons. The van der Waals surface area contributed by atoms with E-state index in [1.807, 2.05) is 38.1 Å². The SMILES string of the molecule is CC(=O)Nc1cccc(NC(=O)CN(Cc2ccc(C)cc2)S(=O)(=O)c2ccc(C)cc2)c1. The summed E-state index contributed by atoms with van der Waals surface area (Å²) in [7, 11) is -3.92. The highest BCUT2D eigenvalue weighted by Gasteiger charge is 2.27. The predicted molar refractivity (Wildman–Crippen MR) is 129 cm³/mol. The van der Waals surface area contributed by atoms with E-state index in [1.165, 1.54) is 6.92 Å². The van der Waals surface area contributed by atoms with E-state index in [0.717, 1.165) is 21.0 Å². The molecule has 3 aromatic rings. The Morgan fingerprint density at radius 3 is 1.94 bits per heavy atom. The smallest absolute Gasteiger partial charge is 0.243 e. The van der Waals surface area contributed by atoms with Crippen molar-refractivity contribution in [2.75, 3.05) is 17.2 Å². The average molecular weight is 466 g/mol. The largest absolute Gasteiger partial charge is 0.326 e. The zero-order valence-electron chi connectivity index (χ0n) is 18.8. The summed E-state index contributed by atoms with van der Waals surface area (Å²) >= 11 is 0. The average Bonchev–Trinajstić information content (AvgIpc) is 2.75. The first kappa shape index (κ1) is 24.2. The molecule has 0 spiro atoms. The number of benzene rings is 3. The zero-order valence-corrected chi connectivity index (χ0v) is 19.6. The van der Waals surface area contributed by atoms with Crippen LogP contribution in [0.25, 0.3) is 0 Å². The minimum Gasteiger partial charge on any atom is -0.326 e. The summed E-state index contributed by atoms with van der Waals surface area (Å²) in [6.45, 7) is 4.91. The van der Waals surface area contributed by atoms with Gasteiger partial charge in [-0.25, -0.2) is 8.42 Å². The number of sulfonamides is 1. The number of carbonyl (C=O) groups excluding carboxylic acids is 2. The number of rotatable bonds is 8. The third-order valence-corrected chi connectivity index (χ3v) is 6.73. The van der Waals surface area contributed by atoms with E-state index >= 15 is 0 Å². The second-order valence-electron chi connectivity index (χ2n) is 7.88. The molecule has 0 aromatic heterocycles. The van der Waals surface area contributed by atoms with Crippen LogP contribution in [0.5, 0.6) is 0 Å². The first-order valence-corrected chi connectivity index (χ1v) is 11.9. The number of carbonyl (C=O) groups is 2. The van der Waals surface area contributed by atoms with Gasteiger partial charge in [0.1, 0.15) is 0 Å². The molecule has 0 unspecified atom stereocenters. The van der Waals surface area contributed by atoms with Gasteiger partial charge in [0.05, 0.1) is 11.4 Å². The van der Waals surface area contributed by atoms with Crippen LogP contribution in [0.1, 0.15) is 23.6 Å². The summed E-state index contributed by atoms with van der Waals surface area (Å²) in [4.78, 5) is 24.2. The van der Waals surface area contributed by atoms with Crippen LogP contribution in [0.3, 0.4) is 0 Å². The molecule has 0 aliphatic rings. The van der Waals surface area contributed by atoms with Gasteiger partial charge in [-0.2, -0.15) is 4.31 Å². The van der Waals surface area contributed by atoms with E-state index in [-0.39, 0.29) is 23.9 Å². The maximum Gasteiger partial charge on any atom is 0.243 e. The van der Waals surface area contributed by atoms with Gasteiger partial charge in [0.2, 0.25) is 21.8 Å². The topological polar surface area (TPSA) is 95.6 Å². The Morgan fingerprint density at radius 1 is 0.818 bits per heavy atom. The first-order valence-electron chi connectivity index (χ1n) is 10.4. The Balaban J connectivity index is 1.84. The van der Waals surface area contributed by atoms with E-state index in [1.54, 1.807) is 48.5 Å². The van der Waals surface area contributed by atoms with Crippen molar-refractivity contribution in [2.24, 2.45) is 0 Å². The molecule has 3 aromatic carbocycles. The van der Waals surface area contributed by atoms with Gasteiger partial charge in [0, 0.05) is 24.8 Å². The Hall–Kier alpha value is -3.49. The van der Waals surface area contributed by atoms with Gasteiger partial charge in [-0.15, -0.1) is 0 Å². The third-order valence-electron chi connectivity index (χ3n) is 4.92. The Labute approximate surface area is 194 Å². The maximum atomic E-state index is 13.4. The van der Waals surface area contributed by atoms with Crippen LogP contribution >= 0.6 is 0 Å². The third kappa shape index (κ3) is 6.74. The fraction of sp³-hybridized carbons (Fsp3) is 0.200. The van der Waals surface area contributed by atoms with Crippen LogP contribution in [0.4, 0.5) is 11.4 Å². The number of aryl methyl sites for hydroxylation is 2. The second-order valence-corrected chi connectivity index (χ2v) is 9.82. The number of amides is 2. The molecule has 8 heteroatoms. The predicted octanol–water partition coefficient (Wildman–Crippen LogP) is 4.09. The lowest BCUT2D eigenvalue weighted by Crippen LogP contribution is -2.37. The molecule has 0 atom stereocenters. The van der Waals surface area contributed by atoms with Crippen LogP contribution in [-0.2, 0) is 26.2 Å². The molecule has 172 valence electrons. The lowest BCUT2D eigenvalue weighted by Gasteiger charge is -2.22. The summed E-state index contributed by atoms with van der Waals surface area (Å²) in [6.07, 6.45) is 0. The first-order chi connectivity index (χ1) is 15.6. The van der Waals surface area contributed by atoms with Crippen LogP contribution < -0.4 is 10.6 Å². The van der Waals surface area contributed by atoms with Gasteiger partial charge < -0.3 is 10.6 Å². The summed E-state index contributed by atoms with van der Waals surface area (Å²) in [5.41, 5.74) is 3.76. The molecular formula is C25H27N3O4S. The van der Waals surface area contributed by atoms with Crippen molar-refractivity contribution in [1.29, 1.82) is 0 Å². The van der Waals surface area contributed by atoms with E-state index in [0.29, 0.717) is 11.4 Å². The molecule has 33 heavy (non-hydrogen) atoms. The number of hydrogen-bond donors (Lipinski definition) is 2. The molecule has 3 rings (SSSR count). The molecule has 0 aliphatic heterocycles. The van der Waals surface area contributed by atoms with Crippen molar-refractivity contribution in [2.45, 2.75) is 32.2 Å². The van der Waals surface area contributed by atoms with Crippen molar-refractivity contribution < 1.29 is 18.0 Å². The lowest BCUT2D eigenvalue weighted by molar-refractivity contribution is -0.116. The van der Waals surface area contributed by atoms with E-state index in [4.69, 9.17) is 0 Å². The highest BCUT2D eigenvalue weighted by Crippen LogP contribution is 2.20. The van der Waals surface area contributed by atoms with Crippen molar-refractivity contribution in [3.63, 3.8) is 0 Å². The number of anilines is 2. The molecule has 0 fully saturated rings. The van der Waals surface area contributed by atoms with Gasteiger partial charge in [-0.1, -0.05) is 53.6 Å². The van der Waals surface area contributed by atoms with Gasteiger partial charge in [0.15, 0.2) is 0 Å². The van der Waals surface area contributed by atoms with E-state index in [9.17, 15) is 18.0 Å². The maximum absolute atomic E-state index is 13.4. The highest BCUT2D eigenvalue weighted by atomic mass is 32.2.